The fourth-order valence-corrected chi connectivity index (χ4v) is 2.20. The molecule has 2 heterocycles. The molecule has 0 aliphatic carbocycles. The molecule has 1 unspecified atom stereocenters. The number of rotatable bonds is 5. The fourth-order valence-electron chi connectivity index (χ4n) is 1.50. The van der Waals surface area contributed by atoms with Gasteiger partial charge in [-0.25, -0.2) is 9.97 Å². The fraction of sp³-hybridized carbons (Fsp3) is 0.417. The van der Waals surface area contributed by atoms with Crippen molar-refractivity contribution in [3.8, 4) is 0 Å². The molecule has 0 aliphatic heterocycles. The van der Waals surface area contributed by atoms with E-state index in [2.05, 4.69) is 33.2 Å². The van der Waals surface area contributed by atoms with Crippen molar-refractivity contribution >= 4 is 11.8 Å². The molecule has 2 rings (SSSR count). The van der Waals surface area contributed by atoms with E-state index in [0.717, 1.165) is 23.7 Å². The number of hydrogen-bond acceptors (Lipinski definition) is 5. The van der Waals surface area contributed by atoms with Crippen LogP contribution in [0.15, 0.2) is 28.5 Å². The van der Waals surface area contributed by atoms with Crippen LogP contribution in [0.4, 0.5) is 0 Å². The highest BCUT2D eigenvalue weighted by atomic mass is 32.2. The number of aryl methyl sites for hydroxylation is 1. The summed E-state index contributed by atoms with van der Waals surface area (Å²) in [5.74, 6) is 0.808. The van der Waals surface area contributed by atoms with Crippen LogP contribution in [0, 0.1) is 6.92 Å². The summed E-state index contributed by atoms with van der Waals surface area (Å²) in [6, 6.07) is 4.25. The Labute approximate surface area is 111 Å². The Hall–Kier alpha value is -1.40. The van der Waals surface area contributed by atoms with Gasteiger partial charge in [0.2, 0.25) is 5.16 Å². The minimum atomic E-state index is 0.209. The second kappa shape index (κ2) is 5.97. The van der Waals surface area contributed by atoms with Gasteiger partial charge in [-0.3, -0.25) is 5.10 Å². The highest BCUT2D eigenvalue weighted by Gasteiger charge is 2.05. The lowest BCUT2D eigenvalue weighted by molar-refractivity contribution is 0.644. The number of aromatic amines is 1. The predicted molar refractivity (Wildman–Crippen MR) is 71.5 cm³/mol. The number of nitrogens with one attached hydrogen (secondary N) is 1. The summed E-state index contributed by atoms with van der Waals surface area (Å²) in [6.45, 7) is 3.97. The van der Waals surface area contributed by atoms with Crippen molar-refractivity contribution < 1.29 is 0 Å². The van der Waals surface area contributed by atoms with E-state index in [9.17, 15) is 0 Å². The highest BCUT2D eigenvalue weighted by molar-refractivity contribution is 7.99. The maximum absolute atomic E-state index is 5.91. The number of nitrogens with zero attached hydrogens (tertiary/aromatic N) is 3. The monoisotopic (exact) mass is 263 g/mol. The maximum Gasteiger partial charge on any atom is 0.214 e. The number of hydrogen-bond donors (Lipinski definition) is 2. The summed E-state index contributed by atoms with van der Waals surface area (Å²) in [5.41, 5.74) is 7.08. The zero-order chi connectivity index (χ0) is 13.0. The summed E-state index contributed by atoms with van der Waals surface area (Å²) >= 11 is 1.45. The van der Waals surface area contributed by atoms with Crippen molar-refractivity contribution in [1.82, 2.24) is 20.2 Å². The number of pyridine rings is 1. The highest BCUT2D eigenvalue weighted by Crippen LogP contribution is 2.22. The third-order valence-electron chi connectivity index (χ3n) is 2.59. The molecule has 0 aromatic carbocycles. The SMILES string of the molecule is CCC(N)Cc1ccc(Sc2n[nH]c(C)n2)nc1. The third-order valence-corrected chi connectivity index (χ3v) is 3.41. The van der Waals surface area contributed by atoms with Gasteiger partial charge in [0.05, 0.1) is 0 Å². The molecule has 2 aromatic heterocycles. The van der Waals surface area contributed by atoms with Crippen LogP contribution in [0.1, 0.15) is 24.7 Å². The van der Waals surface area contributed by atoms with Crippen LogP contribution in [0.25, 0.3) is 0 Å². The molecule has 0 spiro atoms. The van der Waals surface area contributed by atoms with E-state index >= 15 is 0 Å². The van der Waals surface area contributed by atoms with Crippen molar-refractivity contribution in [1.29, 1.82) is 0 Å². The van der Waals surface area contributed by atoms with Crippen LogP contribution >= 0.6 is 11.8 Å². The van der Waals surface area contributed by atoms with E-state index in [1.165, 1.54) is 17.3 Å². The normalized spacial score (nSPS) is 12.6. The molecule has 3 N–H and O–H groups in total. The van der Waals surface area contributed by atoms with Gasteiger partial charge >= 0.3 is 0 Å². The summed E-state index contributed by atoms with van der Waals surface area (Å²) in [7, 11) is 0. The topological polar surface area (TPSA) is 80.5 Å². The molecule has 96 valence electrons. The van der Waals surface area contributed by atoms with Crippen LogP contribution in [-0.2, 0) is 6.42 Å². The second-order valence-electron chi connectivity index (χ2n) is 4.18. The largest absolute Gasteiger partial charge is 0.327 e. The molecule has 18 heavy (non-hydrogen) atoms. The van der Waals surface area contributed by atoms with Crippen molar-refractivity contribution in [3.63, 3.8) is 0 Å². The molecular weight excluding hydrogens is 246 g/mol. The van der Waals surface area contributed by atoms with Gasteiger partial charge in [0.15, 0.2) is 0 Å². The quantitative estimate of drug-likeness (QED) is 0.861. The van der Waals surface area contributed by atoms with E-state index in [0.29, 0.717) is 5.16 Å². The minimum Gasteiger partial charge on any atom is -0.327 e. The van der Waals surface area contributed by atoms with Crippen molar-refractivity contribution in [2.45, 2.75) is 42.9 Å². The van der Waals surface area contributed by atoms with Crippen LogP contribution in [0.2, 0.25) is 0 Å². The number of H-pyrrole nitrogens is 1. The first-order valence-corrected chi connectivity index (χ1v) is 6.76. The molecular formula is C12H17N5S. The molecule has 0 aliphatic rings. The molecule has 6 heteroatoms. The Morgan fingerprint density at radius 1 is 1.44 bits per heavy atom. The standard InChI is InChI=1S/C12H17N5S/c1-3-10(13)6-9-4-5-11(14-7-9)18-12-15-8(2)16-17-12/h4-5,7,10H,3,6,13H2,1-2H3,(H,15,16,17). The number of nitrogens with two attached hydrogens (primary N) is 1. The Morgan fingerprint density at radius 2 is 2.28 bits per heavy atom. The van der Waals surface area contributed by atoms with E-state index in [1.54, 1.807) is 0 Å². The first kappa shape index (κ1) is 13.0. The third kappa shape index (κ3) is 3.54. The van der Waals surface area contributed by atoms with Crippen molar-refractivity contribution in [2.75, 3.05) is 0 Å². The molecule has 5 nitrogen and oxygen atoms in total. The smallest absolute Gasteiger partial charge is 0.214 e. The van der Waals surface area contributed by atoms with E-state index < -0.39 is 0 Å². The Bertz CT molecular complexity index is 493. The average Bonchev–Trinajstić information content (AvgIpc) is 2.77. The van der Waals surface area contributed by atoms with Gasteiger partial charge in [0.1, 0.15) is 10.9 Å². The summed E-state index contributed by atoms with van der Waals surface area (Å²) in [4.78, 5) is 8.61. The van der Waals surface area contributed by atoms with Crippen molar-refractivity contribution in [2.24, 2.45) is 5.73 Å². The Kier molecular flexibility index (Phi) is 4.33. The molecule has 2 aromatic rings. The predicted octanol–water partition coefficient (Wildman–Crippen LogP) is 1.94. The zero-order valence-electron chi connectivity index (χ0n) is 10.6. The van der Waals surface area contributed by atoms with Gasteiger partial charge in [0, 0.05) is 12.2 Å². The second-order valence-corrected chi connectivity index (χ2v) is 5.17. The zero-order valence-corrected chi connectivity index (χ0v) is 11.4. The van der Waals surface area contributed by atoms with E-state index in [1.807, 2.05) is 19.2 Å². The van der Waals surface area contributed by atoms with Gasteiger partial charge in [-0.05, 0) is 43.2 Å². The van der Waals surface area contributed by atoms with E-state index in [4.69, 9.17) is 5.73 Å². The van der Waals surface area contributed by atoms with Crippen LogP contribution in [0.5, 0.6) is 0 Å². The minimum absolute atomic E-state index is 0.209. The Morgan fingerprint density at radius 3 is 2.83 bits per heavy atom. The number of aromatic nitrogens is 4. The van der Waals surface area contributed by atoms with Crippen LogP contribution in [-0.4, -0.2) is 26.2 Å². The van der Waals surface area contributed by atoms with Crippen molar-refractivity contribution in [3.05, 3.63) is 29.7 Å². The van der Waals surface area contributed by atoms with Gasteiger partial charge in [-0.15, -0.1) is 5.10 Å². The molecule has 0 radical (unpaired) electrons. The molecule has 1 atom stereocenters. The van der Waals surface area contributed by atoms with Gasteiger partial charge in [0.25, 0.3) is 0 Å². The van der Waals surface area contributed by atoms with Gasteiger partial charge < -0.3 is 5.73 Å². The maximum atomic E-state index is 5.91. The van der Waals surface area contributed by atoms with Crippen LogP contribution in [0.3, 0.4) is 0 Å². The summed E-state index contributed by atoms with van der Waals surface area (Å²) < 4.78 is 0. The average molecular weight is 263 g/mol. The molecule has 0 saturated carbocycles. The summed E-state index contributed by atoms with van der Waals surface area (Å²) in [6.07, 6.45) is 3.72. The first-order valence-electron chi connectivity index (χ1n) is 5.94. The lowest BCUT2D eigenvalue weighted by atomic mass is 10.1. The lowest BCUT2D eigenvalue weighted by Gasteiger charge is -2.08. The van der Waals surface area contributed by atoms with Crippen LogP contribution < -0.4 is 5.73 Å². The summed E-state index contributed by atoms with van der Waals surface area (Å²) in [5, 5.41) is 8.45. The molecule has 0 bridgehead atoms. The molecule has 0 amide bonds. The first-order chi connectivity index (χ1) is 8.67. The molecule has 0 fully saturated rings. The Balaban J connectivity index is 1.99. The van der Waals surface area contributed by atoms with E-state index in [-0.39, 0.29) is 6.04 Å². The van der Waals surface area contributed by atoms with Gasteiger partial charge in [-0.2, -0.15) is 0 Å². The lowest BCUT2D eigenvalue weighted by Crippen LogP contribution is -2.21. The molecule has 0 saturated heterocycles. The van der Waals surface area contributed by atoms with Gasteiger partial charge in [-0.1, -0.05) is 13.0 Å².